The van der Waals surface area contributed by atoms with Gasteiger partial charge in [-0.05, 0) is 37.5 Å². The van der Waals surface area contributed by atoms with E-state index in [4.69, 9.17) is 5.11 Å². The fraction of sp³-hybridized carbons (Fsp3) is 0.923. The van der Waals surface area contributed by atoms with E-state index in [1.807, 2.05) is 0 Å². The Labute approximate surface area is 120 Å². The van der Waals surface area contributed by atoms with Crippen LogP contribution in [-0.2, 0) is 15.0 Å². The number of carboxylic acids is 1. The van der Waals surface area contributed by atoms with Crippen LogP contribution in [-0.4, -0.2) is 43.4 Å². The van der Waals surface area contributed by atoms with Gasteiger partial charge in [0.1, 0.15) is 0 Å². The number of aliphatic carboxylic acids is 1. The second-order valence-electron chi connectivity index (χ2n) is 6.17. The highest BCUT2D eigenvalue weighted by Crippen LogP contribution is 2.30. The molecule has 3 unspecified atom stereocenters. The van der Waals surface area contributed by atoms with Gasteiger partial charge < -0.3 is 5.11 Å². The molecule has 20 heavy (non-hydrogen) atoms. The molecule has 6 nitrogen and oxygen atoms in total. The van der Waals surface area contributed by atoms with E-state index in [2.05, 4.69) is 11.6 Å². The molecular weight excluding hydrogens is 280 g/mol. The van der Waals surface area contributed by atoms with Crippen LogP contribution in [0.4, 0.5) is 0 Å². The van der Waals surface area contributed by atoms with Gasteiger partial charge in [-0.3, -0.25) is 4.79 Å². The van der Waals surface area contributed by atoms with Crippen molar-refractivity contribution in [1.82, 2.24) is 9.03 Å². The van der Waals surface area contributed by atoms with Gasteiger partial charge in [0, 0.05) is 19.6 Å². The average molecular weight is 304 g/mol. The van der Waals surface area contributed by atoms with Crippen LogP contribution in [0.3, 0.4) is 0 Å². The van der Waals surface area contributed by atoms with E-state index in [0.29, 0.717) is 37.8 Å². The van der Waals surface area contributed by atoms with Gasteiger partial charge in [0.15, 0.2) is 0 Å². The summed E-state index contributed by atoms with van der Waals surface area (Å²) in [6, 6.07) is 0. The van der Waals surface area contributed by atoms with E-state index >= 15 is 0 Å². The summed E-state index contributed by atoms with van der Waals surface area (Å²) >= 11 is 0. The highest BCUT2D eigenvalue weighted by atomic mass is 32.2. The van der Waals surface area contributed by atoms with Crippen LogP contribution in [0.1, 0.15) is 39.0 Å². The van der Waals surface area contributed by atoms with Gasteiger partial charge in [0.2, 0.25) is 0 Å². The number of hydrogen-bond acceptors (Lipinski definition) is 3. The van der Waals surface area contributed by atoms with E-state index in [-0.39, 0.29) is 6.54 Å². The highest BCUT2D eigenvalue weighted by molar-refractivity contribution is 7.87. The Morgan fingerprint density at radius 3 is 2.70 bits per heavy atom. The van der Waals surface area contributed by atoms with Crippen LogP contribution >= 0.6 is 0 Å². The molecule has 1 saturated carbocycles. The number of carboxylic acid groups (broad SMARTS) is 1. The third-order valence-electron chi connectivity index (χ3n) is 4.43. The monoisotopic (exact) mass is 304 g/mol. The molecule has 1 aliphatic heterocycles. The predicted octanol–water partition coefficient (Wildman–Crippen LogP) is 1.05. The third-order valence-corrected chi connectivity index (χ3v) is 5.97. The predicted molar refractivity (Wildman–Crippen MR) is 75.4 cm³/mol. The van der Waals surface area contributed by atoms with Crippen LogP contribution in [0.25, 0.3) is 0 Å². The topological polar surface area (TPSA) is 86.7 Å². The number of carbonyl (C=O) groups is 1. The lowest BCUT2D eigenvalue weighted by molar-refractivity contribution is -0.142. The summed E-state index contributed by atoms with van der Waals surface area (Å²) in [7, 11) is -3.53. The smallest absolute Gasteiger partial charge is 0.307 e. The van der Waals surface area contributed by atoms with Crippen molar-refractivity contribution in [3.63, 3.8) is 0 Å². The van der Waals surface area contributed by atoms with E-state index in [1.165, 1.54) is 4.31 Å². The Bertz CT molecular complexity index is 451. The Kier molecular flexibility index (Phi) is 5.04. The lowest BCUT2D eigenvalue weighted by atomic mass is 10.0. The Morgan fingerprint density at radius 2 is 2.10 bits per heavy atom. The van der Waals surface area contributed by atoms with Crippen LogP contribution in [0.5, 0.6) is 0 Å². The standard InChI is InChI=1S/C13H24N2O4S/c1-10-4-5-11(7-10)8-14-20(18,19)15-6-2-3-12(9-15)13(16)17/h10-12,14H,2-9H2,1H3,(H,16,17). The SMILES string of the molecule is CC1CCC(CNS(=O)(=O)N2CCCC(C(=O)O)C2)C1. The summed E-state index contributed by atoms with van der Waals surface area (Å²) in [4.78, 5) is 11.0. The molecule has 1 saturated heterocycles. The minimum absolute atomic E-state index is 0.0890. The molecule has 1 heterocycles. The molecule has 2 fully saturated rings. The molecule has 0 bridgehead atoms. The Hall–Kier alpha value is -0.660. The first-order chi connectivity index (χ1) is 9.38. The third kappa shape index (κ3) is 3.93. The maximum atomic E-state index is 12.2. The van der Waals surface area contributed by atoms with Gasteiger partial charge in [-0.15, -0.1) is 0 Å². The summed E-state index contributed by atoms with van der Waals surface area (Å²) < 4.78 is 28.4. The maximum Gasteiger partial charge on any atom is 0.307 e. The van der Waals surface area contributed by atoms with Gasteiger partial charge in [-0.2, -0.15) is 12.7 Å². The van der Waals surface area contributed by atoms with E-state index in [9.17, 15) is 13.2 Å². The zero-order valence-electron chi connectivity index (χ0n) is 11.9. The zero-order valence-corrected chi connectivity index (χ0v) is 12.7. The maximum absolute atomic E-state index is 12.2. The average Bonchev–Trinajstić information content (AvgIpc) is 2.82. The highest BCUT2D eigenvalue weighted by Gasteiger charge is 2.32. The minimum Gasteiger partial charge on any atom is -0.481 e. The van der Waals surface area contributed by atoms with Crippen LogP contribution in [0, 0.1) is 17.8 Å². The van der Waals surface area contributed by atoms with Crippen LogP contribution < -0.4 is 4.72 Å². The molecule has 116 valence electrons. The number of nitrogens with zero attached hydrogens (tertiary/aromatic N) is 1. The van der Waals surface area contributed by atoms with Crippen molar-refractivity contribution in [2.75, 3.05) is 19.6 Å². The molecule has 1 aliphatic carbocycles. The van der Waals surface area contributed by atoms with Crippen molar-refractivity contribution in [3.05, 3.63) is 0 Å². The molecule has 0 radical (unpaired) electrons. The summed E-state index contributed by atoms with van der Waals surface area (Å²) in [5.41, 5.74) is 0. The Morgan fingerprint density at radius 1 is 1.35 bits per heavy atom. The van der Waals surface area contributed by atoms with Crippen molar-refractivity contribution in [1.29, 1.82) is 0 Å². The molecule has 2 rings (SSSR count). The lowest BCUT2D eigenvalue weighted by Crippen LogP contribution is -2.48. The van der Waals surface area contributed by atoms with Crippen molar-refractivity contribution < 1.29 is 18.3 Å². The molecule has 0 spiro atoms. The van der Waals surface area contributed by atoms with E-state index < -0.39 is 22.1 Å². The second-order valence-corrected chi connectivity index (χ2v) is 7.93. The number of rotatable bonds is 5. The van der Waals surface area contributed by atoms with Crippen LogP contribution in [0.15, 0.2) is 0 Å². The molecular formula is C13H24N2O4S. The van der Waals surface area contributed by atoms with Crippen LogP contribution in [0.2, 0.25) is 0 Å². The van der Waals surface area contributed by atoms with Gasteiger partial charge in [0.25, 0.3) is 10.2 Å². The number of hydrogen-bond donors (Lipinski definition) is 2. The summed E-state index contributed by atoms with van der Waals surface area (Å²) in [5, 5.41) is 9.01. The van der Waals surface area contributed by atoms with Crippen molar-refractivity contribution in [2.24, 2.45) is 17.8 Å². The zero-order chi connectivity index (χ0) is 14.8. The molecule has 0 amide bonds. The fourth-order valence-corrected chi connectivity index (χ4v) is 4.56. The number of piperidine rings is 1. The Balaban J connectivity index is 1.87. The summed E-state index contributed by atoms with van der Waals surface area (Å²) in [6.07, 6.45) is 4.47. The normalized spacial score (nSPS) is 32.4. The van der Waals surface area contributed by atoms with E-state index in [1.54, 1.807) is 0 Å². The van der Waals surface area contributed by atoms with Gasteiger partial charge in [-0.1, -0.05) is 13.3 Å². The fourth-order valence-electron chi connectivity index (χ4n) is 3.19. The largest absolute Gasteiger partial charge is 0.481 e. The first-order valence-electron chi connectivity index (χ1n) is 7.36. The minimum atomic E-state index is -3.53. The number of nitrogens with one attached hydrogen (secondary N) is 1. The van der Waals surface area contributed by atoms with Gasteiger partial charge in [0.05, 0.1) is 5.92 Å². The molecule has 2 aliphatic rings. The lowest BCUT2D eigenvalue weighted by Gasteiger charge is -2.30. The second kappa shape index (κ2) is 6.41. The van der Waals surface area contributed by atoms with Gasteiger partial charge in [-0.25, -0.2) is 4.72 Å². The molecule has 0 aromatic heterocycles. The first kappa shape index (κ1) is 15.7. The van der Waals surface area contributed by atoms with Crippen molar-refractivity contribution in [3.8, 4) is 0 Å². The van der Waals surface area contributed by atoms with Crippen molar-refractivity contribution in [2.45, 2.75) is 39.0 Å². The van der Waals surface area contributed by atoms with Crippen molar-refractivity contribution >= 4 is 16.2 Å². The summed E-state index contributed by atoms with van der Waals surface area (Å²) in [6.45, 7) is 3.17. The first-order valence-corrected chi connectivity index (χ1v) is 8.80. The van der Waals surface area contributed by atoms with Gasteiger partial charge >= 0.3 is 5.97 Å². The molecule has 3 atom stereocenters. The molecule has 0 aromatic carbocycles. The van der Waals surface area contributed by atoms with E-state index in [0.717, 1.165) is 19.3 Å². The molecule has 0 aromatic rings. The summed E-state index contributed by atoms with van der Waals surface area (Å²) in [5.74, 6) is -0.392. The molecule has 2 N–H and O–H groups in total. The molecule has 7 heteroatoms. The quantitative estimate of drug-likeness (QED) is 0.795.